The quantitative estimate of drug-likeness (QED) is 0.233. The Labute approximate surface area is 232 Å². The van der Waals surface area contributed by atoms with Crippen LogP contribution in [0.4, 0.5) is 5.69 Å². The first-order valence-corrected chi connectivity index (χ1v) is 13.4. The summed E-state index contributed by atoms with van der Waals surface area (Å²) >= 11 is 0. The lowest BCUT2D eigenvalue weighted by Gasteiger charge is -2.32. The van der Waals surface area contributed by atoms with E-state index in [0.29, 0.717) is 5.69 Å². The summed E-state index contributed by atoms with van der Waals surface area (Å²) in [4.78, 5) is 5.08. The minimum Gasteiger partial charge on any atom is -0.398 e. The van der Waals surface area contributed by atoms with E-state index in [1.54, 1.807) is 6.08 Å². The van der Waals surface area contributed by atoms with Gasteiger partial charge in [0.2, 0.25) is 0 Å². The summed E-state index contributed by atoms with van der Waals surface area (Å²) in [5, 5.41) is 3.36. The number of rotatable bonds is 4. The maximum absolute atomic E-state index is 7.33. The number of hydrogen-bond acceptors (Lipinski definition) is 3. The second-order valence-electron chi connectivity index (χ2n) is 10.2. The van der Waals surface area contributed by atoms with Crippen molar-refractivity contribution in [1.82, 2.24) is 9.55 Å². The summed E-state index contributed by atoms with van der Waals surface area (Å²) in [5.74, 6) is 0.856. The molecule has 0 amide bonds. The highest BCUT2D eigenvalue weighted by Crippen LogP contribution is 2.44. The predicted molar refractivity (Wildman–Crippen MR) is 168 cm³/mol. The van der Waals surface area contributed by atoms with Crippen LogP contribution < -0.4 is 11.5 Å². The molecule has 0 bridgehead atoms. The molecular formula is C36H28N4. The Morgan fingerprint density at radius 2 is 1.57 bits per heavy atom. The van der Waals surface area contributed by atoms with Crippen molar-refractivity contribution in [3.8, 4) is 16.9 Å². The van der Waals surface area contributed by atoms with E-state index >= 15 is 0 Å². The van der Waals surface area contributed by atoms with Gasteiger partial charge in [0.1, 0.15) is 5.82 Å². The van der Waals surface area contributed by atoms with E-state index in [1.165, 1.54) is 0 Å². The number of nitrogen functional groups attached to an aromatic ring is 1. The Bertz CT molecular complexity index is 2060. The second kappa shape index (κ2) is 9.23. The van der Waals surface area contributed by atoms with E-state index in [2.05, 4.69) is 77.9 Å². The van der Waals surface area contributed by atoms with E-state index in [1.807, 2.05) is 60.7 Å². The number of pyridine rings is 1. The molecule has 1 aliphatic rings. The third-order valence-corrected chi connectivity index (χ3v) is 7.84. The summed E-state index contributed by atoms with van der Waals surface area (Å²) < 4.78 is 2.24. The molecule has 0 radical (unpaired) electrons. The monoisotopic (exact) mass is 516 g/mol. The van der Waals surface area contributed by atoms with Gasteiger partial charge < -0.3 is 11.5 Å². The molecule has 1 atom stereocenters. The molecule has 6 aromatic rings. The molecular weight excluding hydrogens is 488 g/mol. The summed E-state index contributed by atoms with van der Waals surface area (Å²) in [5.41, 5.74) is 20.6. The Hall–Kier alpha value is -5.19. The summed E-state index contributed by atoms with van der Waals surface area (Å²) in [7, 11) is 0. The number of fused-ring (bicyclic) bond motifs is 4. The third kappa shape index (κ3) is 3.62. The lowest BCUT2D eigenvalue weighted by molar-refractivity contribution is 0.678. The Morgan fingerprint density at radius 3 is 2.45 bits per heavy atom. The lowest BCUT2D eigenvalue weighted by Crippen LogP contribution is -2.37. The van der Waals surface area contributed by atoms with Crippen LogP contribution in [0.1, 0.15) is 5.56 Å². The predicted octanol–water partition coefficient (Wildman–Crippen LogP) is 7.97. The minimum absolute atomic E-state index is 0.705. The Morgan fingerprint density at radius 1 is 0.775 bits per heavy atom. The molecule has 0 aliphatic heterocycles. The lowest BCUT2D eigenvalue weighted by atomic mass is 9.76. The maximum atomic E-state index is 7.33. The van der Waals surface area contributed by atoms with Gasteiger partial charge in [-0.25, -0.2) is 4.98 Å². The number of hydrogen-bond donors (Lipinski definition) is 2. The number of anilines is 1. The minimum atomic E-state index is -0.896. The van der Waals surface area contributed by atoms with Gasteiger partial charge in [-0.2, -0.15) is 0 Å². The number of allylic oxidation sites excluding steroid dienone is 4. The van der Waals surface area contributed by atoms with Crippen molar-refractivity contribution in [3.05, 3.63) is 151 Å². The van der Waals surface area contributed by atoms with Gasteiger partial charge >= 0.3 is 0 Å². The Kier molecular flexibility index (Phi) is 5.51. The maximum Gasteiger partial charge on any atom is 0.138 e. The average molecular weight is 517 g/mol. The van der Waals surface area contributed by atoms with Gasteiger partial charge in [-0.05, 0) is 59.2 Å². The van der Waals surface area contributed by atoms with Crippen molar-refractivity contribution < 1.29 is 0 Å². The first-order chi connectivity index (χ1) is 19.6. The van der Waals surface area contributed by atoms with Crippen LogP contribution in [0.15, 0.2) is 146 Å². The van der Waals surface area contributed by atoms with Gasteiger partial charge in [-0.15, -0.1) is 0 Å². The zero-order valence-electron chi connectivity index (χ0n) is 22.0. The fourth-order valence-corrected chi connectivity index (χ4v) is 5.92. The molecule has 2 aromatic heterocycles. The zero-order valence-corrected chi connectivity index (χ0v) is 22.0. The molecule has 0 spiro atoms. The SMILES string of the molecule is C=C/C=C1/C=CC=CC1(N)c1cc2c(cc1-c1ccccc1N)c1ccccc1n2-c1ccc2ccccc2n1. The molecule has 192 valence electrons. The smallest absolute Gasteiger partial charge is 0.138 e. The second-order valence-corrected chi connectivity index (χ2v) is 10.2. The zero-order chi connectivity index (χ0) is 27.3. The number of aromatic nitrogens is 2. The number of benzene rings is 4. The van der Waals surface area contributed by atoms with Gasteiger partial charge in [0.25, 0.3) is 0 Å². The van der Waals surface area contributed by atoms with Crippen molar-refractivity contribution in [1.29, 1.82) is 0 Å². The fourth-order valence-electron chi connectivity index (χ4n) is 5.92. The van der Waals surface area contributed by atoms with E-state index in [-0.39, 0.29) is 0 Å². The highest BCUT2D eigenvalue weighted by Gasteiger charge is 2.33. The van der Waals surface area contributed by atoms with Crippen molar-refractivity contribution in [2.45, 2.75) is 5.54 Å². The molecule has 0 fully saturated rings. The first-order valence-electron chi connectivity index (χ1n) is 13.4. The van der Waals surface area contributed by atoms with Gasteiger partial charge in [-0.3, -0.25) is 4.57 Å². The standard InChI is InChI=1S/C36H28N4/c1-2-11-25-13-9-10-21-36(25,38)30-23-34-29(22-28(30)26-14-4-6-16-31(26)37)27-15-5-8-18-33(27)40(34)35-20-19-24-12-3-7-17-32(24)39-35/h2-23H,1,37-38H2/b25-11-. The fraction of sp³-hybridized carbons (Fsp3) is 0.0278. The van der Waals surface area contributed by atoms with Crippen LogP contribution in [0.2, 0.25) is 0 Å². The highest BCUT2D eigenvalue weighted by molar-refractivity contribution is 6.11. The summed E-state index contributed by atoms with van der Waals surface area (Å²) in [6.45, 7) is 3.94. The molecule has 0 saturated carbocycles. The summed E-state index contributed by atoms with van der Waals surface area (Å²) in [6, 6.07) is 33.3. The van der Waals surface area contributed by atoms with Crippen molar-refractivity contribution in [2.75, 3.05) is 5.73 Å². The molecule has 2 heterocycles. The molecule has 4 heteroatoms. The van der Waals surface area contributed by atoms with E-state index < -0.39 is 5.54 Å². The van der Waals surface area contributed by atoms with Crippen LogP contribution in [0.3, 0.4) is 0 Å². The highest BCUT2D eigenvalue weighted by atomic mass is 15.1. The normalized spacial score (nSPS) is 17.8. The summed E-state index contributed by atoms with van der Waals surface area (Å²) in [6.07, 6.45) is 11.9. The van der Waals surface area contributed by atoms with E-state index in [9.17, 15) is 0 Å². The van der Waals surface area contributed by atoms with Crippen LogP contribution >= 0.6 is 0 Å². The molecule has 4 nitrogen and oxygen atoms in total. The van der Waals surface area contributed by atoms with Gasteiger partial charge in [0, 0.05) is 27.4 Å². The van der Waals surface area contributed by atoms with Crippen LogP contribution in [0.25, 0.3) is 49.7 Å². The first kappa shape index (κ1) is 23.9. The van der Waals surface area contributed by atoms with Crippen molar-refractivity contribution >= 4 is 38.4 Å². The van der Waals surface area contributed by atoms with Crippen LogP contribution in [0, 0.1) is 0 Å². The van der Waals surface area contributed by atoms with Crippen molar-refractivity contribution in [2.24, 2.45) is 5.73 Å². The molecule has 7 rings (SSSR count). The number of nitrogens with two attached hydrogens (primary N) is 2. The molecule has 1 unspecified atom stereocenters. The van der Waals surface area contributed by atoms with Crippen LogP contribution in [-0.4, -0.2) is 9.55 Å². The molecule has 40 heavy (non-hydrogen) atoms. The van der Waals surface area contributed by atoms with E-state index in [4.69, 9.17) is 16.5 Å². The van der Waals surface area contributed by atoms with Crippen molar-refractivity contribution in [3.63, 3.8) is 0 Å². The molecule has 0 saturated heterocycles. The van der Waals surface area contributed by atoms with Gasteiger partial charge in [0.15, 0.2) is 0 Å². The largest absolute Gasteiger partial charge is 0.398 e. The number of nitrogens with zero attached hydrogens (tertiary/aromatic N) is 2. The topological polar surface area (TPSA) is 69.9 Å². The Balaban J connectivity index is 1.62. The average Bonchev–Trinajstić information content (AvgIpc) is 3.31. The van der Waals surface area contributed by atoms with E-state index in [0.717, 1.165) is 60.8 Å². The molecule has 4 aromatic carbocycles. The molecule has 1 aliphatic carbocycles. The number of para-hydroxylation sites is 3. The van der Waals surface area contributed by atoms with Gasteiger partial charge in [0.05, 0.1) is 22.1 Å². The van der Waals surface area contributed by atoms with Gasteiger partial charge in [-0.1, -0.05) is 97.6 Å². The van der Waals surface area contributed by atoms with Crippen LogP contribution in [-0.2, 0) is 5.54 Å². The molecule has 4 N–H and O–H groups in total. The third-order valence-electron chi connectivity index (χ3n) is 7.84. The van der Waals surface area contributed by atoms with Crippen LogP contribution in [0.5, 0.6) is 0 Å².